The summed E-state index contributed by atoms with van der Waals surface area (Å²) in [5.41, 5.74) is 1.01. The van der Waals surface area contributed by atoms with Crippen LogP contribution in [0.1, 0.15) is 33.3 Å². The molecule has 5 nitrogen and oxygen atoms in total. The number of benzene rings is 1. The molecule has 2 rings (SSSR count). The Morgan fingerprint density at radius 2 is 1.84 bits per heavy atom. The summed E-state index contributed by atoms with van der Waals surface area (Å²) < 4.78 is 11.6. The Balaban J connectivity index is 2.10. The Kier molecular flexibility index (Phi) is 5.74. The van der Waals surface area contributed by atoms with Gasteiger partial charge >= 0.3 is 0 Å². The van der Waals surface area contributed by atoms with E-state index >= 15 is 0 Å². The number of β-lactam (4-membered cyclic amide) rings is 1. The molecule has 3 atom stereocenters. The second kappa shape index (κ2) is 7.29. The third-order valence-corrected chi connectivity index (χ3v) is 9.94. The zero-order chi connectivity index (χ0) is 18.8. The van der Waals surface area contributed by atoms with Gasteiger partial charge in [-0.15, -0.1) is 0 Å². The van der Waals surface area contributed by atoms with Crippen LogP contribution in [0.2, 0.25) is 18.1 Å². The molecular formula is C19H29NO4Si. The molecule has 0 unspecified atom stereocenters. The van der Waals surface area contributed by atoms with Gasteiger partial charge < -0.3 is 14.1 Å². The second-order valence-corrected chi connectivity index (χ2v) is 12.9. The van der Waals surface area contributed by atoms with Crippen LogP contribution in [-0.4, -0.2) is 37.9 Å². The first kappa shape index (κ1) is 19.7. The predicted octanol–water partition coefficient (Wildman–Crippen LogP) is 3.55. The number of carbonyl (C=O) groups excluding carboxylic acids is 2. The maximum Gasteiger partial charge on any atom is 0.295 e. The minimum Gasteiger partial charge on any atom is -0.443 e. The number of nitrogens with zero attached hydrogens (tertiary/aromatic N) is 1. The number of hydrogen-bond acceptors (Lipinski definition) is 4. The standard InChI is InChI=1S/C19H29NO4Si/c1-14(24-25(5,6)19(2,3)4)16-17(22)20(18(16)23-13-21)12-15-10-8-7-9-11-15/h7-11,13-14,16,18H,12H2,1-6H3/t14-,16+,18-/m1/s1. The molecule has 6 heteroatoms. The fourth-order valence-electron chi connectivity index (χ4n) is 2.86. The number of amides is 1. The Bertz CT molecular complexity index is 612. The van der Waals surface area contributed by atoms with Crippen LogP contribution in [0.5, 0.6) is 0 Å². The molecule has 1 fully saturated rings. The van der Waals surface area contributed by atoms with Gasteiger partial charge in [0.2, 0.25) is 5.91 Å². The number of likely N-dealkylation sites (tertiary alicyclic amines) is 1. The van der Waals surface area contributed by atoms with E-state index in [2.05, 4.69) is 33.9 Å². The molecule has 0 N–H and O–H groups in total. The van der Waals surface area contributed by atoms with Crippen molar-refractivity contribution < 1.29 is 18.8 Å². The summed E-state index contributed by atoms with van der Waals surface area (Å²) in [7, 11) is -2.01. The highest BCUT2D eigenvalue weighted by Gasteiger charge is 2.53. The van der Waals surface area contributed by atoms with Crippen LogP contribution in [0.15, 0.2) is 30.3 Å². The molecular weight excluding hydrogens is 334 g/mol. The van der Waals surface area contributed by atoms with Gasteiger partial charge in [-0.2, -0.15) is 0 Å². The summed E-state index contributed by atoms with van der Waals surface area (Å²) in [6.07, 6.45) is -0.852. The lowest BCUT2D eigenvalue weighted by Crippen LogP contribution is -2.66. The summed E-state index contributed by atoms with van der Waals surface area (Å²) in [5.74, 6) is -0.468. The van der Waals surface area contributed by atoms with Gasteiger partial charge in [-0.1, -0.05) is 51.1 Å². The maximum atomic E-state index is 12.7. The number of hydrogen-bond donors (Lipinski definition) is 0. The van der Waals surface area contributed by atoms with Gasteiger partial charge in [0.25, 0.3) is 6.47 Å². The van der Waals surface area contributed by atoms with Crippen molar-refractivity contribution in [2.24, 2.45) is 5.92 Å². The Labute approximate surface area is 151 Å². The average Bonchev–Trinajstić information content (AvgIpc) is 2.51. The molecule has 1 aromatic carbocycles. The van der Waals surface area contributed by atoms with Crippen LogP contribution >= 0.6 is 0 Å². The van der Waals surface area contributed by atoms with Crippen LogP contribution < -0.4 is 0 Å². The van der Waals surface area contributed by atoms with Crippen LogP contribution in [0.25, 0.3) is 0 Å². The normalized spacial score (nSPS) is 22.3. The first-order chi connectivity index (χ1) is 11.6. The Morgan fingerprint density at radius 3 is 2.36 bits per heavy atom. The van der Waals surface area contributed by atoms with Gasteiger partial charge in [-0.25, -0.2) is 0 Å². The highest BCUT2D eigenvalue weighted by molar-refractivity contribution is 6.74. The third kappa shape index (κ3) is 4.12. The van der Waals surface area contributed by atoms with E-state index in [4.69, 9.17) is 9.16 Å². The topological polar surface area (TPSA) is 55.8 Å². The lowest BCUT2D eigenvalue weighted by molar-refractivity contribution is -0.202. The highest BCUT2D eigenvalue weighted by atomic mass is 28.4. The average molecular weight is 364 g/mol. The van der Waals surface area contributed by atoms with Crippen LogP contribution in [0, 0.1) is 5.92 Å². The maximum absolute atomic E-state index is 12.7. The van der Waals surface area contributed by atoms with Crippen molar-refractivity contribution in [2.75, 3.05) is 0 Å². The van der Waals surface area contributed by atoms with E-state index in [0.717, 1.165) is 5.56 Å². The van der Waals surface area contributed by atoms with Gasteiger partial charge in [0, 0.05) is 6.54 Å². The van der Waals surface area contributed by atoms with E-state index in [1.54, 1.807) is 4.90 Å². The fourth-order valence-corrected chi connectivity index (χ4v) is 4.29. The van der Waals surface area contributed by atoms with Crippen molar-refractivity contribution in [3.8, 4) is 0 Å². The van der Waals surface area contributed by atoms with Crippen molar-refractivity contribution >= 4 is 20.7 Å². The zero-order valence-electron chi connectivity index (χ0n) is 16.0. The van der Waals surface area contributed by atoms with E-state index in [1.807, 2.05) is 37.3 Å². The van der Waals surface area contributed by atoms with Gasteiger partial charge in [-0.05, 0) is 30.6 Å². The Hall–Kier alpha value is -1.66. The fraction of sp³-hybridized carbons (Fsp3) is 0.579. The molecule has 1 aliphatic heterocycles. The predicted molar refractivity (Wildman–Crippen MR) is 99.2 cm³/mol. The van der Waals surface area contributed by atoms with Crippen molar-refractivity contribution in [2.45, 2.75) is 64.7 Å². The summed E-state index contributed by atoms with van der Waals surface area (Å²) in [5, 5.41) is 0.0544. The van der Waals surface area contributed by atoms with Crippen molar-refractivity contribution in [1.82, 2.24) is 4.90 Å². The largest absolute Gasteiger partial charge is 0.443 e. The van der Waals surface area contributed by atoms with Crippen LogP contribution in [-0.2, 0) is 25.3 Å². The highest BCUT2D eigenvalue weighted by Crippen LogP contribution is 2.40. The molecule has 0 radical (unpaired) electrons. The lowest BCUT2D eigenvalue weighted by atomic mass is 9.90. The molecule has 1 aromatic rings. The molecule has 0 saturated carbocycles. The summed E-state index contributed by atoms with van der Waals surface area (Å²) >= 11 is 0. The lowest BCUT2D eigenvalue weighted by Gasteiger charge is -2.49. The first-order valence-corrected chi connectivity index (χ1v) is 11.6. The number of carbonyl (C=O) groups is 2. The molecule has 1 saturated heterocycles. The van der Waals surface area contributed by atoms with Crippen molar-refractivity contribution in [3.63, 3.8) is 0 Å². The molecule has 25 heavy (non-hydrogen) atoms. The van der Waals surface area contributed by atoms with E-state index in [-0.39, 0.29) is 17.0 Å². The summed E-state index contributed by atoms with van der Waals surface area (Å²) in [6.45, 7) is 13.6. The number of ether oxygens (including phenoxy) is 1. The number of rotatable bonds is 7. The molecule has 1 heterocycles. The second-order valence-electron chi connectivity index (χ2n) is 8.18. The Morgan fingerprint density at radius 1 is 1.24 bits per heavy atom. The molecule has 138 valence electrons. The molecule has 0 aliphatic carbocycles. The van der Waals surface area contributed by atoms with E-state index in [1.165, 1.54) is 0 Å². The van der Waals surface area contributed by atoms with Crippen LogP contribution in [0.3, 0.4) is 0 Å². The molecule has 0 aromatic heterocycles. The minimum atomic E-state index is -2.01. The quantitative estimate of drug-likeness (QED) is 0.422. The molecule has 0 bridgehead atoms. The molecule has 1 amide bonds. The zero-order valence-corrected chi connectivity index (χ0v) is 17.0. The SMILES string of the molecule is C[C@@H](O[Si](C)(C)C(C)(C)C)[C@H]1C(=O)N(Cc2ccccc2)[C@@H]1OC=O. The minimum absolute atomic E-state index is 0.0260. The summed E-state index contributed by atoms with van der Waals surface area (Å²) in [6, 6.07) is 9.69. The van der Waals surface area contributed by atoms with E-state index in [9.17, 15) is 9.59 Å². The van der Waals surface area contributed by atoms with E-state index < -0.39 is 20.5 Å². The van der Waals surface area contributed by atoms with E-state index in [0.29, 0.717) is 13.0 Å². The van der Waals surface area contributed by atoms with Gasteiger partial charge in [0.1, 0.15) is 5.92 Å². The van der Waals surface area contributed by atoms with Crippen molar-refractivity contribution in [3.05, 3.63) is 35.9 Å². The third-order valence-electron chi connectivity index (χ3n) is 5.37. The van der Waals surface area contributed by atoms with Crippen molar-refractivity contribution in [1.29, 1.82) is 0 Å². The molecule has 1 aliphatic rings. The van der Waals surface area contributed by atoms with Gasteiger partial charge in [-0.3, -0.25) is 9.59 Å². The first-order valence-electron chi connectivity index (χ1n) is 8.70. The van der Waals surface area contributed by atoms with Gasteiger partial charge in [0.15, 0.2) is 14.5 Å². The molecule has 0 spiro atoms. The summed E-state index contributed by atoms with van der Waals surface area (Å²) in [4.78, 5) is 25.2. The van der Waals surface area contributed by atoms with Gasteiger partial charge in [0.05, 0.1) is 6.10 Å². The monoisotopic (exact) mass is 363 g/mol. The smallest absolute Gasteiger partial charge is 0.295 e. The van der Waals surface area contributed by atoms with Crippen LogP contribution in [0.4, 0.5) is 0 Å².